The third-order valence-electron chi connectivity index (χ3n) is 3.15. The van der Waals surface area contributed by atoms with Crippen molar-refractivity contribution in [2.45, 2.75) is 46.1 Å². The van der Waals surface area contributed by atoms with Gasteiger partial charge in [-0.25, -0.2) is 0 Å². The Bertz CT molecular complexity index is 317. The Kier molecular flexibility index (Phi) is 7.42. The summed E-state index contributed by atoms with van der Waals surface area (Å²) >= 11 is 0. The SMILES string of the molecule is CCCCN(CCCC)c1ccncc1CNC. The first-order valence-corrected chi connectivity index (χ1v) is 7.15. The Labute approximate surface area is 112 Å². The molecule has 102 valence electrons. The van der Waals surface area contributed by atoms with Crippen molar-refractivity contribution in [1.82, 2.24) is 10.3 Å². The van der Waals surface area contributed by atoms with E-state index in [1.807, 2.05) is 19.4 Å². The quantitative estimate of drug-likeness (QED) is 0.728. The molecule has 0 aromatic carbocycles. The van der Waals surface area contributed by atoms with E-state index in [2.05, 4.69) is 35.1 Å². The molecule has 0 atom stereocenters. The Morgan fingerprint density at radius 1 is 1.17 bits per heavy atom. The van der Waals surface area contributed by atoms with E-state index in [1.54, 1.807) is 0 Å². The van der Waals surface area contributed by atoms with Gasteiger partial charge in [-0.05, 0) is 26.0 Å². The second-order valence-corrected chi connectivity index (χ2v) is 4.73. The molecule has 0 radical (unpaired) electrons. The van der Waals surface area contributed by atoms with Crippen molar-refractivity contribution in [3.8, 4) is 0 Å². The van der Waals surface area contributed by atoms with Crippen LogP contribution in [0, 0.1) is 0 Å². The number of hydrogen-bond acceptors (Lipinski definition) is 3. The van der Waals surface area contributed by atoms with Crippen LogP contribution >= 0.6 is 0 Å². The lowest BCUT2D eigenvalue weighted by Gasteiger charge is -2.26. The van der Waals surface area contributed by atoms with Crippen molar-refractivity contribution >= 4 is 5.69 Å². The third-order valence-corrected chi connectivity index (χ3v) is 3.15. The molecule has 1 rings (SSSR count). The number of unbranched alkanes of at least 4 members (excludes halogenated alkanes) is 2. The summed E-state index contributed by atoms with van der Waals surface area (Å²) in [6, 6.07) is 2.15. The van der Waals surface area contributed by atoms with Crippen molar-refractivity contribution in [1.29, 1.82) is 0 Å². The number of nitrogens with zero attached hydrogens (tertiary/aromatic N) is 2. The Morgan fingerprint density at radius 3 is 2.39 bits per heavy atom. The van der Waals surface area contributed by atoms with Gasteiger partial charge in [-0.3, -0.25) is 4.98 Å². The van der Waals surface area contributed by atoms with E-state index in [4.69, 9.17) is 0 Å². The molecule has 3 nitrogen and oxygen atoms in total. The van der Waals surface area contributed by atoms with Crippen molar-refractivity contribution < 1.29 is 0 Å². The summed E-state index contributed by atoms with van der Waals surface area (Å²) in [7, 11) is 1.99. The molecule has 3 heteroatoms. The smallest absolute Gasteiger partial charge is 0.0442 e. The molecule has 1 N–H and O–H groups in total. The van der Waals surface area contributed by atoms with Crippen LogP contribution in [0.5, 0.6) is 0 Å². The predicted octanol–water partition coefficient (Wildman–Crippen LogP) is 3.21. The number of aromatic nitrogens is 1. The van der Waals surface area contributed by atoms with Crippen LogP contribution in [0.2, 0.25) is 0 Å². The summed E-state index contributed by atoms with van der Waals surface area (Å²) in [4.78, 5) is 6.76. The van der Waals surface area contributed by atoms with Gasteiger partial charge in [0.2, 0.25) is 0 Å². The summed E-state index contributed by atoms with van der Waals surface area (Å²) in [6.07, 6.45) is 8.89. The number of rotatable bonds is 9. The summed E-state index contributed by atoms with van der Waals surface area (Å²) in [5.74, 6) is 0. The minimum absolute atomic E-state index is 0.887. The molecular formula is C15H27N3. The highest BCUT2D eigenvalue weighted by molar-refractivity contribution is 5.52. The zero-order valence-electron chi connectivity index (χ0n) is 12.1. The van der Waals surface area contributed by atoms with E-state index >= 15 is 0 Å². The lowest BCUT2D eigenvalue weighted by molar-refractivity contribution is 0.672. The van der Waals surface area contributed by atoms with Crippen molar-refractivity contribution in [3.63, 3.8) is 0 Å². The molecule has 0 saturated heterocycles. The van der Waals surface area contributed by atoms with Gasteiger partial charge in [-0.2, -0.15) is 0 Å². The van der Waals surface area contributed by atoms with Crippen LogP contribution in [-0.2, 0) is 6.54 Å². The van der Waals surface area contributed by atoms with Gasteiger partial charge in [-0.15, -0.1) is 0 Å². The van der Waals surface area contributed by atoms with Crippen LogP contribution in [0.4, 0.5) is 5.69 Å². The molecule has 0 aliphatic rings. The van der Waals surface area contributed by atoms with Crippen molar-refractivity contribution in [3.05, 3.63) is 24.0 Å². The van der Waals surface area contributed by atoms with Crippen LogP contribution in [0.3, 0.4) is 0 Å². The van der Waals surface area contributed by atoms with Crippen molar-refractivity contribution in [2.75, 3.05) is 25.0 Å². The van der Waals surface area contributed by atoms with E-state index in [0.29, 0.717) is 0 Å². The number of anilines is 1. The topological polar surface area (TPSA) is 28.2 Å². The normalized spacial score (nSPS) is 10.6. The monoisotopic (exact) mass is 249 g/mol. The third kappa shape index (κ3) is 4.65. The van der Waals surface area contributed by atoms with Gasteiger partial charge < -0.3 is 10.2 Å². The van der Waals surface area contributed by atoms with Crippen LogP contribution in [0.25, 0.3) is 0 Å². The zero-order chi connectivity index (χ0) is 13.2. The fourth-order valence-electron chi connectivity index (χ4n) is 2.11. The van der Waals surface area contributed by atoms with Gasteiger partial charge in [0.1, 0.15) is 0 Å². The lowest BCUT2D eigenvalue weighted by Crippen LogP contribution is -2.27. The molecule has 1 heterocycles. The van der Waals surface area contributed by atoms with E-state index in [0.717, 1.165) is 19.6 Å². The zero-order valence-corrected chi connectivity index (χ0v) is 12.1. The van der Waals surface area contributed by atoms with Gasteiger partial charge in [0.15, 0.2) is 0 Å². The Morgan fingerprint density at radius 2 is 1.83 bits per heavy atom. The highest BCUT2D eigenvalue weighted by Crippen LogP contribution is 2.20. The summed E-state index contributed by atoms with van der Waals surface area (Å²) in [6.45, 7) is 7.69. The summed E-state index contributed by atoms with van der Waals surface area (Å²) in [5, 5.41) is 3.22. The molecule has 0 aliphatic heterocycles. The first kappa shape index (κ1) is 15.0. The molecule has 0 bridgehead atoms. The molecule has 0 unspecified atom stereocenters. The molecule has 0 aliphatic carbocycles. The van der Waals surface area contributed by atoms with Gasteiger partial charge in [0.05, 0.1) is 0 Å². The van der Waals surface area contributed by atoms with Gasteiger partial charge in [0.25, 0.3) is 0 Å². The van der Waals surface area contributed by atoms with Gasteiger partial charge in [-0.1, -0.05) is 26.7 Å². The maximum Gasteiger partial charge on any atom is 0.0442 e. The first-order valence-electron chi connectivity index (χ1n) is 7.15. The molecule has 0 fully saturated rings. The first-order chi connectivity index (χ1) is 8.83. The second-order valence-electron chi connectivity index (χ2n) is 4.73. The number of pyridine rings is 1. The number of hydrogen-bond donors (Lipinski definition) is 1. The highest BCUT2D eigenvalue weighted by Gasteiger charge is 2.09. The Hall–Kier alpha value is -1.09. The van der Waals surface area contributed by atoms with E-state index in [9.17, 15) is 0 Å². The number of nitrogens with one attached hydrogen (secondary N) is 1. The molecule has 0 amide bonds. The summed E-state index contributed by atoms with van der Waals surface area (Å²) in [5.41, 5.74) is 2.65. The van der Waals surface area contributed by atoms with Crippen LogP contribution in [-0.4, -0.2) is 25.1 Å². The molecule has 18 heavy (non-hydrogen) atoms. The largest absolute Gasteiger partial charge is 0.371 e. The fraction of sp³-hybridized carbons (Fsp3) is 0.667. The maximum atomic E-state index is 4.24. The lowest BCUT2D eigenvalue weighted by atomic mass is 10.1. The molecule has 0 spiro atoms. The van der Waals surface area contributed by atoms with Crippen LogP contribution < -0.4 is 10.2 Å². The highest BCUT2D eigenvalue weighted by atomic mass is 15.1. The predicted molar refractivity (Wildman–Crippen MR) is 79.0 cm³/mol. The molecular weight excluding hydrogens is 222 g/mol. The second kappa shape index (κ2) is 8.92. The fourth-order valence-corrected chi connectivity index (χ4v) is 2.11. The van der Waals surface area contributed by atoms with Crippen molar-refractivity contribution in [2.24, 2.45) is 0 Å². The minimum Gasteiger partial charge on any atom is -0.371 e. The molecule has 1 aromatic rings. The standard InChI is InChI=1S/C15H27N3/c1-4-6-10-18(11-7-5-2)15-8-9-17-13-14(15)12-16-3/h8-9,13,16H,4-7,10-12H2,1-3H3. The van der Waals surface area contributed by atoms with Gasteiger partial charge in [0, 0.05) is 43.3 Å². The van der Waals surface area contributed by atoms with Crippen LogP contribution in [0.1, 0.15) is 45.1 Å². The average molecular weight is 249 g/mol. The maximum absolute atomic E-state index is 4.24. The molecule has 0 saturated carbocycles. The van der Waals surface area contributed by atoms with Gasteiger partial charge >= 0.3 is 0 Å². The van der Waals surface area contributed by atoms with Crippen LogP contribution in [0.15, 0.2) is 18.5 Å². The van der Waals surface area contributed by atoms with E-state index < -0.39 is 0 Å². The molecule has 1 aromatic heterocycles. The van der Waals surface area contributed by atoms with E-state index in [1.165, 1.54) is 36.9 Å². The van der Waals surface area contributed by atoms with E-state index in [-0.39, 0.29) is 0 Å². The Balaban J connectivity index is 2.81. The minimum atomic E-state index is 0.887. The average Bonchev–Trinajstić information content (AvgIpc) is 2.40. The summed E-state index contributed by atoms with van der Waals surface area (Å²) < 4.78 is 0.